The summed E-state index contributed by atoms with van der Waals surface area (Å²) < 4.78 is 2.93. The fourth-order valence-corrected chi connectivity index (χ4v) is 20.1. The van der Waals surface area contributed by atoms with Crippen molar-refractivity contribution in [1.29, 1.82) is 0 Å². The van der Waals surface area contributed by atoms with E-state index < -0.39 is 13.3 Å². The molecule has 0 atom stereocenters. The Bertz CT molecular complexity index is 2290. The number of carbonyl (C=O) groups is 2. The van der Waals surface area contributed by atoms with E-state index in [0.29, 0.717) is 11.1 Å². The van der Waals surface area contributed by atoms with Gasteiger partial charge in [-0.2, -0.15) is 0 Å². The Morgan fingerprint density at radius 1 is 0.688 bits per heavy atom. The summed E-state index contributed by atoms with van der Waals surface area (Å²) >= 11 is -1.29. The van der Waals surface area contributed by atoms with Gasteiger partial charge in [-0.05, 0) is 0 Å². The van der Waals surface area contributed by atoms with Crippen molar-refractivity contribution in [1.82, 2.24) is 0 Å². The molecule has 5 aromatic carbocycles. The SMILES string of the molecule is C[CH2][Ge]1([CH2]C)[c]2cc(-c3c(C)cc(C)cc3C)ccc2N(c2cccc3ccccc23)c2sc(C=C3C(=O)c4ccccc4C3=O)c[c]21. The monoisotopic (exact) mass is 705 g/mol. The Morgan fingerprint density at radius 3 is 2.02 bits per heavy atom. The van der Waals surface area contributed by atoms with Crippen LogP contribution < -0.4 is 13.7 Å². The van der Waals surface area contributed by atoms with E-state index in [0.717, 1.165) is 21.1 Å². The first-order valence-corrected chi connectivity index (χ1v) is 22.7. The van der Waals surface area contributed by atoms with Gasteiger partial charge in [-0.25, -0.2) is 0 Å². The van der Waals surface area contributed by atoms with Crippen LogP contribution in [0.25, 0.3) is 28.0 Å². The minimum atomic E-state index is -3.00. The fourth-order valence-electron chi connectivity index (χ4n) is 8.34. The zero-order valence-electron chi connectivity index (χ0n) is 28.0. The third-order valence-electron chi connectivity index (χ3n) is 10.6. The Balaban J connectivity index is 1.39. The molecule has 0 bridgehead atoms. The number of rotatable bonds is 5. The van der Waals surface area contributed by atoms with Crippen molar-refractivity contribution in [2.24, 2.45) is 0 Å². The Morgan fingerprint density at radius 2 is 1.33 bits per heavy atom. The molecule has 0 saturated carbocycles. The average molecular weight is 704 g/mol. The van der Waals surface area contributed by atoms with Gasteiger partial charge in [-0.15, -0.1) is 0 Å². The first kappa shape index (κ1) is 30.8. The Kier molecular flexibility index (Phi) is 7.42. The van der Waals surface area contributed by atoms with Crippen LogP contribution in [0.2, 0.25) is 10.5 Å². The number of hydrogen-bond donors (Lipinski definition) is 0. The number of thiophene rings is 1. The number of carbonyl (C=O) groups excluding carboxylic acids is 2. The molecule has 2 heterocycles. The third kappa shape index (κ3) is 4.53. The zero-order valence-corrected chi connectivity index (χ0v) is 30.9. The van der Waals surface area contributed by atoms with Gasteiger partial charge in [0, 0.05) is 0 Å². The summed E-state index contributed by atoms with van der Waals surface area (Å²) in [6, 6.07) is 36.4. The summed E-state index contributed by atoms with van der Waals surface area (Å²) in [4.78, 5) is 30.4. The summed E-state index contributed by atoms with van der Waals surface area (Å²) in [5.74, 6) is -0.355. The van der Waals surface area contributed by atoms with Crippen molar-refractivity contribution < 1.29 is 9.59 Å². The normalized spacial score (nSPS) is 14.7. The van der Waals surface area contributed by atoms with Crippen molar-refractivity contribution in [2.45, 2.75) is 45.1 Å². The van der Waals surface area contributed by atoms with E-state index in [-0.39, 0.29) is 17.1 Å². The van der Waals surface area contributed by atoms with Gasteiger partial charge in [-0.1, -0.05) is 0 Å². The molecule has 236 valence electrons. The molecule has 0 N–H and O–H groups in total. The molecule has 1 aliphatic heterocycles. The number of nitrogens with zero attached hydrogens (tertiary/aromatic N) is 1. The van der Waals surface area contributed by atoms with Crippen LogP contribution in [0.4, 0.5) is 16.4 Å². The summed E-state index contributed by atoms with van der Waals surface area (Å²) in [7, 11) is 0. The van der Waals surface area contributed by atoms with Crippen LogP contribution in [0.5, 0.6) is 0 Å². The summed E-state index contributed by atoms with van der Waals surface area (Å²) in [5.41, 5.74) is 10.2. The molecule has 1 aliphatic carbocycles. The molecular weight excluding hydrogens is 667 g/mol. The molecule has 1 aromatic heterocycles. The topological polar surface area (TPSA) is 37.4 Å². The van der Waals surface area contributed by atoms with Crippen molar-refractivity contribution in [2.75, 3.05) is 4.90 Å². The van der Waals surface area contributed by atoms with Gasteiger partial charge < -0.3 is 0 Å². The van der Waals surface area contributed by atoms with Crippen LogP contribution in [-0.2, 0) is 0 Å². The average Bonchev–Trinajstić information content (AvgIpc) is 3.62. The van der Waals surface area contributed by atoms with Crippen LogP contribution in [0.15, 0.2) is 109 Å². The number of allylic oxidation sites excluding steroid dienone is 1. The number of anilines is 3. The van der Waals surface area contributed by atoms with E-state index in [9.17, 15) is 9.59 Å². The van der Waals surface area contributed by atoms with Crippen LogP contribution in [0.3, 0.4) is 0 Å². The summed E-state index contributed by atoms with van der Waals surface area (Å²) in [6.07, 6.45) is 1.86. The number of ketones is 2. The van der Waals surface area contributed by atoms with Crippen LogP contribution in [-0.4, -0.2) is 24.8 Å². The second-order valence-corrected chi connectivity index (χ2v) is 24.1. The molecular formula is C43H37GeNO2S. The molecule has 48 heavy (non-hydrogen) atoms. The number of aryl methyl sites for hydroxylation is 3. The number of Topliss-reactive ketones (excluding diaryl/α,β-unsaturated/α-hetero) is 2. The summed E-state index contributed by atoms with van der Waals surface area (Å²) in [6.45, 7) is 11.4. The van der Waals surface area contributed by atoms with Crippen LogP contribution >= 0.6 is 11.3 Å². The van der Waals surface area contributed by atoms with E-state index in [1.165, 1.54) is 58.1 Å². The quantitative estimate of drug-likeness (QED) is 0.102. The first-order chi connectivity index (χ1) is 23.3. The zero-order chi connectivity index (χ0) is 33.3. The molecule has 5 heteroatoms. The van der Waals surface area contributed by atoms with Gasteiger partial charge in [0.15, 0.2) is 0 Å². The van der Waals surface area contributed by atoms with Gasteiger partial charge >= 0.3 is 290 Å². The van der Waals surface area contributed by atoms with Gasteiger partial charge in [0.05, 0.1) is 0 Å². The standard InChI is InChI=1S/C43H37GeNO2S/c1-6-44(7-2)36-23-30(40-27(4)21-26(3)22-28(40)5)19-20-39(36)45(38-18-12-14-29-13-8-9-15-32(29)38)43-37(44)25-31(48-43)24-35-41(46)33-16-10-11-17-34(33)42(35)47/h8-25H,6-7H2,1-5H3. The van der Waals surface area contributed by atoms with Crippen molar-refractivity contribution in [3.05, 3.63) is 141 Å². The van der Waals surface area contributed by atoms with Gasteiger partial charge in [0.1, 0.15) is 0 Å². The fraction of sp³-hybridized carbons (Fsp3) is 0.163. The molecule has 3 nitrogen and oxygen atoms in total. The first-order valence-electron chi connectivity index (χ1n) is 16.8. The minimum absolute atomic E-state index is 0.177. The number of hydrogen-bond acceptors (Lipinski definition) is 4. The second-order valence-electron chi connectivity index (χ2n) is 13.3. The van der Waals surface area contributed by atoms with E-state index in [1.54, 1.807) is 23.5 Å². The molecule has 0 fully saturated rings. The van der Waals surface area contributed by atoms with Crippen LogP contribution in [0.1, 0.15) is 56.1 Å². The maximum atomic E-state index is 13.5. The molecule has 8 rings (SSSR count). The molecule has 6 aromatic rings. The third-order valence-corrected chi connectivity index (χ3v) is 23.1. The second kappa shape index (κ2) is 11.6. The van der Waals surface area contributed by atoms with E-state index in [1.807, 2.05) is 18.2 Å². The van der Waals surface area contributed by atoms with Crippen molar-refractivity contribution in [3.63, 3.8) is 0 Å². The molecule has 0 radical (unpaired) electrons. The molecule has 0 amide bonds. The van der Waals surface area contributed by atoms with E-state index in [2.05, 4.69) is 118 Å². The molecule has 0 spiro atoms. The van der Waals surface area contributed by atoms with Gasteiger partial charge in [0.2, 0.25) is 0 Å². The van der Waals surface area contributed by atoms with Crippen LogP contribution in [0, 0.1) is 20.8 Å². The van der Waals surface area contributed by atoms with Gasteiger partial charge in [0.25, 0.3) is 0 Å². The van der Waals surface area contributed by atoms with E-state index >= 15 is 0 Å². The molecule has 2 aliphatic rings. The van der Waals surface area contributed by atoms with Crippen molar-refractivity contribution >= 4 is 78.2 Å². The van der Waals surface area contributed by atoms with Crippen molar-refractivity contribution in [3.8, 4) is 11.1 Å². The number of benzene rings is 5. The molecule has 0 unspecified atom stereocenters. The Labute approximate surface area is 288 Å². The predicted molar refractivity (Wildman–Crippen MR) is 205 cm³/mol. The Hall–Kier alpha value is -4.52. The van der Waals surface area contributed by atoms with Gasteiger partial charge in [-0.3, -0.25) is 0 Å². The summed E-state index contributed by atoms with van der Waals surface area (Å²) in [5, 5.41) is 5.82. The van der Waals surface area contributed by atoms with E-state index in [4.69, 9.17) is 0 Å². The molecule has 0 saturated heterocycles. The number of fused-ring (bicyclic) bond motifs is 4. The predicted octanol–water partition coefficient (Wildman–Crippen LogP) is 10.3. The maximum absolute atomic E-state index is 13.5.